The molecule has 4 rings (SSSR count). The van der Waals surface area contributed by atoms with Crippen molar-refractivity contribution in [3.8, 4) is 0 Å². The first-order valence-electron chi connectivity index (χ1n) is 12.1. The molecule has 1 aliphatic heterocycles. The molecule has 2 unspecified atom stereocenters. The van der Waals surface area contributed by atoms with Crippen LogP contribution in [0, 0.1) is 5.82 Å². The van der Waals surface area contributed by atoms with Gasteiger partial charge in [-0.2, -0.15) is 13.2 Å². The lowest BCUT2D eigenvalue weighted by Gasteiger charge is -2.38. The summed E-state index contributed by atoms with van der Waals surface area (Å²) in [5.41, 5.74) is 2.97. The minimum atomic E-state index is -4.44. The molecule has 0 spiro atoms. The van der Waals surface area contributed by atoms with Gasteiger partial charge < -0.3 is 9.47 Å². The maximum absolute atomic E-state index is 13.5. The Kier molecular flexibility index (Phi) is 7.01. The SMILES string of the molecule is CCc1nc2c(c3c(N(C)CC(F)(F)F)cn(Cc4ccc(F)cc4)c13)C(CC)C(CC)N(O)C2=O. The zero-order valence-corrected chi connectivity index (χ0v) is 20.7. The third kappa shape index (κ3) is 4.54. The van der Waals surface area contributed by atoms with Crippen LogP contribution in [0.3, 0.4) is 0 Å². The zero-order valence-electron chi connectivity index (χ0n) is 20.7. The molecule has 6 nitrogen and oxygen atoms in total. The summed E-state index contributed by atoms with van der Waals surface area (Å²) < 4.78 is 55.7. The van der Waals surface area contributed by atoms with Gasteiger partial charge in [-0.05, 0) is 37.0 Å². The summed E-state index contributed by atoms with van der Waals surface area (Å²) in [5.74, 6) is -1.34. The number of hydrogen-bond donors (Lipinski definition) is 1. The molecule has 0 aliphatic carbocycles. The van der Waals surface area contributed by atoms with E-state index in [0.717, 1.165) is 15.5 Å². The highest BCUT2D eigenvalue weighted by Gasteiger charge is 2.42. The highest BCUT2D eigenvalue weighted by Crippen LogP contribution is 2.45. The van der Waals surface area contributed by atoms with Crippen molar-refractivity contribution in [3.05, 3.63) is 58.8 Å². The van der Waals surface area contributed by atoms with E-state index in [1.165, 1.54) is 19.2 Å². The largest absolute Gasteiger partial charge is 0.405 e. The van der Waals surface area contributed by atoms with Crippen molar-refractivity contribution in [2.24, 2.45) is 0 Å². The van der Waals surface area contributed by atoms with E-state index in [4.69, 9.17) is 0 Å². The van der Waals surface area contributed by atoms with E-state index in [2.05, 4.69) is 4.98 Å². The lowest BCUT2D eigenvalue weighted by Crippen LogP contribution is -2.46. The molecule has 0 bridgehead atoms. The highest BCUT2D eigenvalue weighted by molar-refractivity contribution is 6.06. The average molecular weight is 507 g/mol. The number of anilines is 1. The first-order chi connectivity index (χ1) is 17.0. The fourth-order valence-electron chi connectivity index (χ4n) is 5.36. The minimum absolute atomic E-state index is 0.0830. The summed E-state index contributed by atoms with van der Waals surface area (Å²) in [6.45, 7) is 4.76. The van der Waals surface area contributed by atoms with E-state index in [0.29, 0.717) is 47.1 Å². The Morgan fingerprint density at radius 1 is 1.11 bits per heavy atom. The summed E-state index contributed by atoms with van der Waals surface area (Å²) in [4.78, 5) is 19.0. The fraction of sp³-hybridized carbons (Fsp3) is 0.462. The maximum atomic E-state index is 13.5. The molecule has 1 aliphatic rings. The van der Waals surface area contributed by atoms with Gasteiger partial charge in [-0.15, -0.1) is 0 Å². The number of halogens is 4. The molecule has 1 amide bonds. The van der Waals surface area contributed by atoms with Crippen LogP contribution >= 0.6 is 0 Å². The highest BCUT2D eigenvalue weighted by atomic mass is 19.4. The van der Waals surface area contributed by atoms with E-state index in [1.54, 1.807) is 18.3 Å². The van der Waals surface area contributed by atoms with Gasteiger partial charge in [-0.25, -0.2) is 14.4 Å². The number of carbonyl (C=O) groups excluding carboxylic acids is 1. The van der Waals surface area contributed by atoms with Crippen molar-refractivity contribution < 1.29 is 27.6 Å². The molecule has 194 valence electrons. The van der Waals surface area contributed by atoms with E-state index in [-0.39, 0.29) is 24.0 Å². The summed E-state index contributed by atoms with van der Waals surface area (Å²) in [7, 11) is 1.38. The van der Waals surface area contributed by atoms with Gasteiger partial charge in [-0.3, -0.25) is 10.0 Å². The second-order valence-electron chi connectivity index (χ2n) is 9.28. The van der Waals surface area contributed by atoms with Gasteiger partial charge in [0.1, 0.15) is 18.1 Å². The molecular formula is C26H30F4N4O2. The average Bonchev–Trinajstić information content (AvgIpc) is 3.20. The van der Waals surface area contributed by atoms with Gasteiger partial charge in [0.15, 0.2) is 0 Å². The van der Waals surface area contributed by atoms with Crippen molar-refractivity contribution in [2.45, 2.75) is 64.7 Å². The Balaban J connectivity index is 2.05. The van der Waals surface area contributed by atoms with Crippen LogP contribution < -0.4 is 4.90 Å². The van der Waals surface area contributed by atoms with Crippen LogP contribution in [0.1, 0.15) is 66.8 Å². The molecule has 3 aromatic rings. The zero-order chi connectivity index (χ0) is 26.4. The molecule has 0 fully saturated rings. The molecule has 10 heteroatoms. The number of pyridine rings is 1. The van der Waals surface area contributed by atoms with Gasteiger partial charge in [-0.1, -0.05) is 32.9 Å². The molecule has 0 saturated carbocycles. The number of alkyl halides is 3. The number of benzene rings is 1. The normalized spacial score (nSPS) is 18.1. The Morgan fingerprint density at radius 2 is 1.78 bits per heavy atom. The number of aryl methyl sites for hydroxylation is 1. The van der Waals surface area contributed by atoms with Crippen LogP contribution in [0.2, 0.25) is 0 Å². The number of hydroxylamine groups is 2. The Hall–Kier alpha value is -3.14. The van der Waals surface area contributed by atoms with E-state index in [1.807, 2.05) is 25.3 Å². The van der Waals surface area contributed by atoms with Crippen LogP contribution in [0.5, 0.6) is 0 Å². The lowest BCUT2D eigenvalue weighted by atomic mass is 9.81. The van der Waals surface area contributed by atoms with Gasteiger partial charge in [0.25, 0.3) is 5.91 Å². The number of aromatic nitrogens is 2. The van der Waals surface area contributed by atoms with E-state index < -0.39 is 24.7 Å². The molecule has 36 heavy (non-hydrogen) atoms. The first kappa shape index (κ1) is 25.9. The molecule has 3 heterocycles. The maximum Gasteiger partial charge on any atom is 0.405 e. The third-order valence-electron chi connectivity index (χ3n) is 6.95. The van der Waals surface area contributed by atoms with Gasteiger partial charge in [0, 0.05) is 36.7 Å². The van der Waals surface area contributed by atoms with Crippen LogP contribution in [0.15, 0.2) is 30.5 Å². The Morgan fingerprint density at radius 3 is 2.33 bits per heavy atom. The summed E-state index contributed by atoms with van der Waals surface area (Å²) in [6, 6.07) is 5.42. The number of amides is 1. The first-order valence-corrected chi connectivity index (χ1v) is 12.1. The van der Waals surface area contributed by atoms with E-state index in [9.17, 15) is 27.6 Å². The second kappa shape index (κ2) is 9.72. The second-order valence-corrected chi connectivity index (χ2v) is 9.28. The van der Waals surface area contributed by atoms with Crippen molar-refractivity contribution in [2.75, 3.05) is 18.5 Å². The summed E-state index contributed by atoms with van der Waals surface area (Å²) in [6.07, 6.45) is -1.32. The van der Waals surface area contributed by atoms with Crippen LogP contribution in [-0.4, -0.2) is 51.5 Å². The Labute approximate surface area is 207 Å². The van der Waals surface area contributed by atoms with Crippen LogP contribution in [0.4, 0.5) is 23.2 Å². The predicted octanol–water partition coefficient (Wildman–Crippen LogP) is 5.90. The third-order valence-corrected chi connectivity index (χ3v) is 6.95. The molecule has 0 radical (unpaired) electrons. The number of rotatable bonds is 7. The van der Waals surface area contributed by atoms with Crippen molar-refractivity contribution in [1.82, 2.24) is 14.6 Å². The molecule has 2 atom stereocenters. The predicted molar refractivity (Wildman–Crippen MR) is 129 cm³/mol. The lowest BCUT2D eigenvalue weighted by molar-refractivity contribution is -0.119. The molecular weight excluding hydrogens is 476 g/mol. The monoisotopic (exact) mass is 506 g/mol. The van der Waals surface area contributed by atoms with Crippen molar-refractivity contribution >= 4 is 22.5 Å². The topological polar surface area (TPSA) is 61.6 Å². The fourth-order valence-corrected chi connectivity index (χ4v) is 5.36. The summed E-state index contributed by atoms with van der Waals surface area (Å²) in [5, 5.41) is 11.9. The van der Waals surface area contributed by atoms with Crippen LogP contribution in [0.25, 0.3) is 10.9 Å². The number of nitrogens with zero attached hydrogens (tertiary/aromatic N) is 4. The van der Waals surface area contributed by atoms with Crippen LogP contribution in [-0.2, 0) is 13.0 Å². The van der Waals surface area contributed by atoms with Gasteiger partial charge in [0.05, 0.1) is 22.9 Å². The smallest absolute Gasteiger partial charge is 0.364 e. The Bertz CT molecular complexity index is 1270. The number of hydrogen-bond acceptors (Lipinski definition) is 4. The molecule has 0 saturated heterocycles. The summed E-state index contributed by atoms with van der Waals surface area (Å²) >= 11 is 0. The quantitative estimate of drug-likeness (QED) is 0.320. The standard InChI is InChI=1S/C26H30F4N4O2/c1-5-17-19(7-3)34(36)25(35)23-21(17)22-20(32(4)14-26(28,29)30)13-33(24(22)18(6-2)31-23)12-15-8-10-16(27)11-9-15/h8-11,13,17,19,36H,5-7,12,14H2,1-4H3. The van der Waals surface area contributed by atoms with Gasteiger partial charge in [0.2, 0.25) is 0 Å². The number of carbonyl (C=O) groups is 1. The molecule has 1 aromatic carbocycles. The van der Waals surface area contributed by atoms with Crippen molar-refractivity contribution in [3.63, 3.8) is 0 Å². The van der Waals surface area contributed by atoms with Crippen molar-refractivity contribution in [1.29, 1.82) is 0 Å². The van der Waals surface area contributed by atoms with Gasteiger partial charge >= 0.3 is 6.18 Å². The molecule has 1 N–H and O–H groups in total. The number of fused-ring (bicyclic) bond motifs is 3. The minimum Gasteiger partial charge on any atom is -0.364 e. The molecule has 2 aromatic heterocycles. The van der Waals surface area contributed by atoms with E-state index >= 15 is 0 Å².